The van der Waals surface area contributed by atoms with Crippen molar-refractivity contribution in [2.75, 3.05) is 13.2 Å². The first-order valence-corrected chi connectivity index (χ1v) is 6.83. The Kier molecular flexibility index (Phi) is 4.25. The van der Waals surface area contributed by atoms with Crippen LogP contribution in [0.1, 0.15) is 44.2 Å². The van der Waals surface area contributed by atoms with Gasteiger partial charge in [-0.25, -0.2) is 0 Å². The number of nitrogens with one attached hydrogen (secondary N) is 1. The molecule has 1 aliphatic rings. The largest absolute Gasteiger partial charge is 0.508 e. The van der Waals surface area contributed by atoms with Crippen LogP contribution in [0.4, 0.5) is 0 Å². The van der Waals surface area contributed by atoms with Crippen LogP contribution in [0.5, 0.6) is 5.75 Å². The molecule has 1 fully saturated rings. The molecule has 1 aliphatic carbocycles. The molecule has 0 spiro atoms. The molecular weight excluding hydrogens is 226 g/mol. The molecule has 1 unspecified atom stereocenters. The van der Waals surface area contributed by atoms with Crippen LogP contribution in [0, 0.1) is 5.41 Å². The fourth-order valence-electron chi connectivity index (χ4n) is 2.53. The van der Waals surface area contributed by atoms with Crippen LogP contribution in [-0.4, -0.2) is 23.4 Å². The molecule has 1 saturated carbocycles. The molecule has 3 N–H and O–H groups in total. The summed E-state index contributed by atoms with van der Waals surface area (Å²) in [4.78, 5) is 0. The van der Waals surface area contributed by atoms with Crippen molar-refractivity contribution in [1.82, 2.24) is 5.32 Å². The zero-order valence-corrected chi connectivity index (χ0v) is 11.0. The maximum absolute atomic E-state index is 9.88. The molecule has 0 aliphatic heterocycles. The summed E-state index contributed by atoms with van der Waals surface area (Å²) in [7, 11) is 0. The van der Waals surface area contributed by atoms with E-state index in [4.69, 9.17) is 5.11 Å². The van der Waals surface area contributed by atoms with Crippen molar-refractivity contribution in [3.63, 3.8) is 0 Å². The Morgan fingerprint density at radius 1 is 1.33 bits per heavy atom. The molecule has 0 saturated heterocycles. The van der Waals surface area contributed by atoms with Gasteiger partial charge in [-0.15, -0.1) is 0 Å². The minimum absolute atomic E-state index is 0.197. The van der Waals surface area contributed by atoms with Gasteiger partial charge in [-0.05, 0) is 37.2 Å². The van der Waals surface area contributed by atoms with Crippen LogP contribution in [0.15, 0.2) is 24.3 Å². The van der Waals surface area contributed by atoms with E-state index in [-0.39, 0.29) is 12.6 Å². The van der Waals surface area contributed by atoms with E-state index < -0.39 is 0 Å². The van der Waals surface area contributed by atoms with E-state index in [0.717, 1.165) is 24.9 Å². The van der Waals surface area contributed by atoms with Crippen molar-refractivity contribution in [3.05, 3.63) is 29.8 Å². The van der Waals surface area contributed by atoms with Crippen LogP contribution in [0.2, 0.25) is 0 Å². The summed E-state index contributed by atoms with van der Waals surface area (Å²) in [5.41, 5.74) is 1.28. The summed E-state index contributed by atoms with van der Waals surface area (Å²) in [6, 6.07) is 7.71. The van der Waals surface area contributed by atoms with Crippen molar-refractivity contribution < 1.29 is 10.2 Å². The van der Waals surface area contributed by atoms with Gasteiger partial charge in [0.15, 0.2) is 0 Å². The molecule has 1 aromatic rings. The number of hydrogen-bond donors (Lipinski definition) is 3. The lowest BCUT2D eigenvalue weighted by Crippen LogP contribution is -2.28. The highest BCUT2D eigenvalue weighted by Gasteiger charge is 2.41. The second-order valence-electron chi connectivity index (χ2n) is 5.37. The van der Waals surface area contributed by atoms with Crippen LogP contribution in [-0.2, 0) is 0 Å². The van der Waals surface area contributed by atoms with Gasteiger partial charge in [0, 0.05) is 24.8 Å². The molecule has 1 atom stereocenters. The van der Waals surface area contributed by atoms with E-state index in [1.807, 2.05) is 18.2 Å². The molecule has 3 heteroatoms. The minimum atomic E-state index is 0.197. The van der Waals surface area contributed by atoms with Gasteiger partial charge in [0.25, 0.3) is 0 Å². The summed E-state index contributed by atoms with van der Waals surface area (Å²) in [5, 5.41) is 22.5. The van der Waals surface area contributed by atoms with Crippen LogP contribution in [0.25, 0.3) is 0 Å². The lowest BCUT2D eigenvalue weighted by molar-refractivity contribution is 0.241. The average Bonchev–Trinajstić information content (AvgIpc) is 3.13. The molecule has 0 heterocycles. The molecule has 0 aromatic heterocycles. The number of phenolic OH excluding ortho intramolecular Hbond substituents is 1. The first-order chi connectivity index (χ1) is 8.71. The third-order valence-corrected chi connectivity index (χ3v) is 4.04. The first-order valence-electron chi connectivity index (χ1n) is 6.83. The number of aliphatic hydroxyl groups is 1. The van der Waals surface area contributed by atoms with E-state index in [1.165, 1.54) is 12.8 Å². The van der Waals surface area contributed by atoms with Gasteiger partial charge in [0.2, 0.25) is 0 Å². The van der Waals surface area contributed by atoms with Crippen molar-refractivity contribution in [1.29, 1.82) is 0 Å². The minimum Gasteiger partial charge on any atom is -0.508 e. The number of para-hydroxylation sites is 1. The van der Waals surface area contributed by atoms with Gasteiger partial charge in [-0.2, -0.15) is 0 Å². The Morgan fingerprint density at radius 3 is 2.61 bits per heavy atom. The molecule has 0 radical (unpaired) electrons. The fraction of sp³-hybridized carbons (Fsp3) is 0.600. The second-order valence-corrected chi connectivity index (χ2v) is 5.37. The van der Waals surface area contributed by atoms with Gasteiger partial charge in [-0.3, -0.25) is 0 Å². The van der Waals surface area contributed by atoms with E-state index in [9.17, 15) is 5.11 Å². The van der Waals surface area contributed by atoms with Gasteiger partial charge in [-0.1, -0.05) is 25.1 Å². The van der Waals surface area contributed by atoms with Crippen molar-refractivity contribution in [2.45, 2.75) is 38.6 Å². The number of phenols is 1. The number of aromatic hydroxyl groups is 1. The summed E-state index contributed by atoms with van der Waals surface area (Å²) in [6.07, 6.45) is 4.25. The highest BCUT2D eigenvalue weighted by atomic mass is 16.3. The van der Waals surface area contributed by atoms with E-state index in [2.05, 4.69) is 12.2 Å². The smallest absolute Gasteiger partial charge is 0.120 e. The average molecular weight is 249 g/mol. The van der Waals surface area contributed by atoms with Gasteiger partial charge < -0.3 is 15.5 Å². The highest BCUT2D eigenvalue weighted by molar-refractivity contribution is 5.34. The summed E-state index contributed by atoms with van der Waals surface area (Å²) in [5.74, 6) is 0.365. The van der Waals surface area contributed by atoms with E-state index in [1.54, 1.807) is 6.07 Å². The third kappa shape index (κ3) is 3.03. The second kappa shape index (κ2) is 5.72. The molecule has 0 amide bonds. The maximum Gasteiger partial charge on any atom is 0.120 e. The molecule has 2 rings (SSSR count). The van der Waals surface area contributed by atoms with E-state index >= 15 is 0 Å². The van der Waals surface area contributed by atoms with Crippen LogP contribution < -0.4 is 5.32 Å². The Balaban J connectivity index is 1.96. The standard InChI is InChI=1S/C15H23NO2/c1-2-13(12-5-3-4-6-14(12)18)16-11-15(7-8-15)9-10-17/h3-6,13,16-18H,2,7-11H2,1H3. The zero-order chi connectivity index (χ0) is 13.0. The van der Waals surface area contributed by atoms with Crippen molar-refractivity contribution >= 4 is 0 Å². The predicted octanol–water partition coefficient (Wildman–Crippen LogP) is 2.60. The monoisotopic (exact) mass is 249 g/mol. The Labute approximate surface area is 109 Å². The maximum atomic E-state index is 9.88. The molecular formula is C15H23NO2. The van der Waals surface area contributed by atoms with E-state index in [0.29, 0.717) is 11.2 Å². The molecule has 18 heavy (non-hydrogen) atoms. The topological polar surface area (TPSA) is 52.5 Å². The predicted molar refractivity (Wildman–Crippen MR) is 72.5 cm³/mol. The van der Waals surface area contributed by atoms with Gasteiger partial charge in [0.05, 0.1) is 0 Å². The van der Waals surface area contributed by atoms with Gasteiger partial charge in [0.1, 0.15) is 5.75 Å². The molecule has 3 nitrogen and oxygen atoms in total. The quantitative estimate of drug-likeness (QED) is 0.696. The van der Waals surface area contributed by atoms with Crippen LogP contribution >= 0.6 is 0 Å². The highest BCUT2D eigenvalue weighted by Crippen LogP contribution is 2.48. The summed E-state index contributed by atoms with van der Waals surface area (Å²) >= 11 is 0. The van der Waals surface area contributed by atoms with Crippen molar-refractivity contribution in [3.8, 4) is 5.75 Å². The SMILES string of the molecule is CCC(NCC1(CCO)CC1)c1ccccc1O. The molecule has 1 aromatic carbocycles. The van der Waals surface area contributed by atoms with Crippen LogP contribution in [0.3, 0.4) is 0 Å². The normalized spacial score (nSPS) is 18.6. The Morgan fingerprint density at radius 2 is 2.06 bits per heavy atom. The molecule has 0 bridgehead atoms. The summed E-state index contributed by atoms with van der Waals surface area (Å²) < 4.78 is 0. The first kappa shape index (κ1) is 13.4. The number of benzene rings is 1. The lowest BCUT2D eigenvalue weighted by atomic mass is 9.99. The molecule has 100 valence electrons. The van der Waals surface area contributed by atoms with Gasteiger partial charge >= 0.3 is 0 Å². The lowest BCUT2D eigenvalue weighted by Gasteiger charge is -2.22. The zero-order valence-electron chi connectivity index (χ0n) is 11.0. The number of hydrogen-bond acceptors (Lipinski definition) is 3. The summed E-state index contributed by atoms with van der Waals surface area (Å²) in [6.45, 7) is 3.32. The number of aliphatic hydroxyl groups excluding tert-OH is 1. The third-order valence-electron chi connectivity index (χ3n) is 4.04. The Hall–Kier alpha value is -1.06. The number of rotatable bonds is 7. The fourth-order valence-corrected chi connectivity index (χ4v) is 2.53. The Bertz CT molecular complexity index is 388. The van der Waals surface area contributed by atoms with Crippen molar-refractivity contribution in [2.24, 2.45) is 5.41 Å².